The van der Waals surface area contributed by atoms with E-state index in [0.717, 1.165) is 32.2 Å². The van der Waals surface area contributed by atoms with Crippen LogP contribution in [-0.2, 0) is 0 Å². The predicted octanol–water partition coefficient (Wildman–Crippen LogP) is 5.00. The molecule has 4 aromatic rings. The predicted molar refractivity (Wildman–Crippen MR) is 162 cm³/mol. The third kappa shape index (κ3) is 3.98. The lowest BCUT2D eigenvalue weighted by Crippen LogP contribution is -2.60. The standard InChI is InChI=1S/C32H31ClF2N6O3/c33-21-4-1-3-16-9-19(42)10-20(24(16)21)27-26(35)28-25-29(41-13-18-5-6-22(36-18)23(41)14-43-30(25)37-27)39-31(38-28)44-15-32-7-2-8-40(32)12-17(34)11-32/h1,3-4,9-10,17-18,22-23,36,42H,2,5-8,11-15H2/t17-,18?,22?,23?,32+/m1/s1. The van der Waals surface area contributed by atoms with Gasteiger partial charge >= 0.3 is 6.01 Å². The lowest BCUT2D eigenvalue weighted by Gasteiger charge is -2.40. The second-order valence-electron chi connectivity index (χ2n) is 12.9. The Bertz CT molecular complexity index is 1850. The maximum atomic E-state index is 16.9. The Labute approximate surface area is 257 Å². The zero-order valence-corrected chi connectivity index (χ0v) is 24.7. The van der Waals surface area contributed by atoms with Crippen molar-refractivity contribution in [3.8, 4) is 28.9 Å². The van der Waals surface area contributed by atoms with E-state index in [4.69, 9.17) is 31.0 Å². The van der Waals surface area contributed by atoms with Crippen LogP contribution < -0.4 is 19.7 Å². The van der Waals surface area contributed by atoms with Crippen molar-refractivity contribution in [1.29, 1.82) is 0 Å². The molecule has 2 N–H and O–H groups in total. The minimum atomic E-state index is -0.895. The Balaban J connectivity index is 1.23. The number of benzene rings is 2. The van der Waals surface area contributed by atoms with E-state index in [1.165, 1.54) is 6.07 Å². The second-order valence-corrected chi connectivity index (χ2v) is 13.3. The van der Waals surface area contributed by atoms with E-state index in [1.54, 1.807) is 24.3 Å². The lowest BCUT2D eigenvalue weighted by molar-refractivity contribution is 0.107. The number of ether oxygens (including phenoxy) is 2. The molecule has 2 bridgehead atoms. The van der Waals surface area contributed by atoms with E-state index in [2.05, 4.69) is 20.1 Å². The summed E-state index contributed by atoms with van der Waals surface area (Å²) in [4.78, 5) is 18.6. The van der Waals surface area contributed by atoms with Crippen LogP contribution in [0.1, 0.15) is 32.1 Å². The van der Waals surface area contributed by atoms with E-state index in [-0.39, 0.29) is 53.6 Å². The van der Waals surface area contributed by atoms with Crippen LogP contribution in [0.3, 0.4) is 0 Å². The van der Waals surface area contributed by atoms with Crippen LogP contribution in [-0.4, -0.2) is 87.6 Å². The van der Waals surface area contributed by atoms with Crippen molar-refractivity contribution < 1.29 is 23.4 Å². The summed E-state index contributed by atoms with van der Waals surface area (Å²) in [5, 5.41) is 16.3. The molecule has 9 rings (SSSR count). The fourth-order valence-electron chi connectivity index (χ4n) is 8.36. The highest BCUT2D eigenvalue weighted by Gasteiger charge is 2.50. The molecule has 4 saturated heterocycles. The highest BCUT2D eigenvalue weighted by molar-refractivity contribution is 6.36. The van der Waals surface area contributed by atoms with Crippen LogP contribution >= 0.6 is 11.6 Å². The quantitative estimate of drug-likeness (QED) is 0.327. The van der Waals surface area contributed by atoms with Gasteiger partial charge in [0.25, 0.3) is 0 Å². The number of piperazine rings is 1. The van der Waals surface area contributed by atoms with Gasteiger partial charge in [0.15, 0.2) is 5.82 Å². The summed E-state index contributed by atoms with van der Waals surface area (Å²) in [6.07, 6.45) is 3.38. The van der Waals surface area contributed by atoms with Crippen LogP contribution in [0.15, 0.2) is 30.3 Å². The fourth-order valence-corrected chi connectivity index (χ4v) is 8.64. The Kier molecular flexibility index (Phi) is 5.93. The first-order chi connectivity index (χ1) is 21.4. The molecule has 0 saturated carbocycles. The number of hydrogen-bond donors (Lipinski definition) is 2. The van der Waals surface area contributed by atoms with Crippen LogP contribution in [0.4, 0.5) is 14.6 Å². The number of rotatable bonds is 4. The van der Waals surface area contributed by atoms with Crippen molar-refractivity contribution in [3.63, 3.8) is 0 Å². The summed E-state index contributed by atoms with van der Waals surface area (Å²) in [7, 11) is 0. The van der Waals surface area contributed by atoms with Crippen LogP contribution in [0.5, 0.6) is 17.6 Å². The van der Waals surface area contributed by atoms with Crippen molar-refractivity contribution in [2.24, 2.45) is 0 Å². The third-order valence-electron chi connectivity index (χ3n) is 10.3. The molecule has 5 aliphatic rings. The Morgan fingerprint density at radius 3 is 2.98 bits per heavy atom. The SMILES string of the molecule is Oc1cc(-c2nc3c4c(nc(OC[C@@]56CCCN5C[C@H](F)C6)nc4c2F)N2CC4CCC(N4)C2CO3)c2c(Cl)cccc2c1. The zero-order valence-electron chi connectivity index (χ0n) is 23.9. The molecule has 0 amide bonds. The van der Waals surface area contributed by atoms with Gasteiger partial charge in [-0.1, -0.05) is 23.7 Å². The number of nitrogens with one attached hydrogen (secondary N) is 1. The van der Waals surface area contributed by atoms with Crippen LogP contribution in [0.25, 0.3) is 32.9 Å². The molecule has 0 radical (unpaired) electrons. The maximum absolute atomic E-state index is 16.9. The van der Waals surface area contributed by atoms with Gasteiger partial charge in [-0.05, 0) is 55.8 Å². The molecular weight excluding hydrogens is 590 g/mol. The number of anilines is 1. The number of aromatic nitrogens is 3. The van der Waals surface area contributed by atoms with Gasteiger partial charge in [0.1, 0.15) is 47.5 Å². The van der Waals surface area contributed by atoms with E-state index in [1.807, 2.05) is 0 Å². The van der Waals surface area contributed by atoms with Gasteiger partial charge in [-0.3, -0.25) is 4.90 Å². The van der Waals surface area contributed by atoms with Gasteiger partial charge in [-0.25, -0.2) is 13.8 Å². The summed E-state index contributed by atoms with van der Waals surface area (Å²) in [5.41, 5.74) is -0.0878. The minimum absolute atomic E-state index is 0.0237. The topological polar surface area (TPSA) is 95.9 Å². The summed E-state index contributed by atoms with van der Waals surface area (Å²) in [6.45, 7) is 2.49. The molecule has 5 aliphatic heterocycles. The number of phenolic OH excluding ortho intramolecular Hbond substituents is 1. The number of fused-ring (bicyclic) bond motifs is 7. The van der Waals surface area contributed by atoms with E-state index < -0.39 is 17.5 Å². The fraction of sp³-hybridized carbons (Fsp3) is 0.469. The average molecular weight is 621 g/mol. The normalized spacial score (nSPS) is 29.1. The number of phenols is 1. The number of halogens is 3. The molecule has 9 nitrogen and oxygen atoms in total. The molecule has 44 heavy (non-hydrogen) atoms. The van der Waals surface area contributed by atoms with Crippen molar-refractivity contribution in [2.75, 3.05) is 37.7 Å². The molecule has 5 atom stereocenters. The molecular formula is C32H31ClF2N6O3. The number of pyridine rings is 1. The van der Waals surface area contributed by atoms with Crippen molar-refractivity contribution in [2.45, 2.75) is 61.9 Å². The van der Waals surface area contributed by atoms with Gasteiger partial charge < -0.3 is 24.8 Å². The first-order valence-electron chi connectivity index (χ1n) is 15.4. The Morgan fingerprint density at radius 2 is 2.07 bits per heavy atom. The maximum Gasteiger partial charge on any atom is 0.319 e. The molecule has 0 spiro atoms. The Morgan fingerprint density at radius 1 is 1.16 bits per heavy atom. The average Bonchev–Trinajstić information content (AvgIpc) is 3.64. The van der Waals surface area contributed by atoms with Gasteiger partial charge in [0.05, 0.1) is 11.6 Å². The molecule has 0 aliphatic carbocycles. The zero-order chi connectivity index (χ0) is 29.7. The molecule has 2 aromatic carbocycles. The van der Waals surface area contributed by atoms with E-state index in [9.17, 15) is 9.50 Å². The largest absolute Gasteiger partial charge is 0.508 e. The summed E-state index contributed by atoms with van der Waals surface area (Å²) in [6, 6.07) is 8.83. The highest BCUT2D eigenvalue weighted by atomic mass is 35.5. The van der Waals surface area contributed by atoms with Gasteiger partial charge in [0.2, 0.25) is 5.88 Å². The summed E-state index contributed by atoms with van der Waals surface area (Å²) >= 11 is 6.62. The van der Waals surface area contributed by atoms with Gasteiger partial charge in [-0.2, -0.15) is 9.97 Å². The van der Waals surface area contributed by atoms with Gasteiger partial charge in [0, 0.05) is 47.6 Å². The van der Waals surface area contributed by atoms with Gasteiger partial charge in [-0.15, -0.1) is 0 Å². The molecule has 12 heteroatoms. The Hall–Kier alpha value is -3.54. The molecule has 4 fully saturated rings. The summed E-state index contributed by atoms with van der Waals surface area (Å²) in [5.74, 6) is 0.0313. The van der Waals surface area contributed by atoms with Crippen LogP contribution in [0, 0.1) is 5.82 Å². The molecule has 7 heterocycles. The number of aromatic hydroxyl groups is 1. The second kappa shape index (κ2) is 9.73. The van der Waals surface area contributed by atoms with Crippen molar-refractivity contribution in [3.05, 3.63) is 41.2 Å². The third-order valence-corrected chi connectivity index (χ3v) is 10.6. The minimum Gasteiger partial charge on any atom is -0.508 e. The smallest absolute Gasteiger partial charge is 0.319 e. The number of alkyl halides is 1. The first kappa shape index (κ1) is 26.8. The lowest BCUT2D eigenvalue weighted by atomic mass is 9.95. The van der Waals surface area contributed by atoms with Crippen molar-refractivity contribution in [1.82, 2.24) is 25.2 Å². The highest BCUT2D eigenvalue weighted by Crippen LogP contribution is 2.46. The summed E-state index contributed by atoms with van der Waals surface area (Å²) < 4.78 is 44.0. The van der Waals surface area contributed by atoms with Crippen molar-refractivity contribution >= 4 is 39.1 Å². The molecule has 2 aromatic heterocycles. The van der Waals surface area contributed by atoms with E-state index in [0.29, 0.717) is 58.7 Å². The molecule has 228 valence electrons. The van der Waals surface area contributed by atoms with Crippen LogP contribution in [0.2, 0.25) is 5.02 Å². The first-order valence-corrected chi connectivity index (χ1v) is 15.7. The molecule has 3 unspecified atom stereocenters. The van der Waals surface area contributed by atoms with E-state index >= 15 is 4.39 Å². The number of hydrogen-bond acceptors (Lipinski definition) is 9. The monoisotopic (exact) mass is 620 g/mol. The number of nitrogens with zero attached hydrogens (tertiary/aromatic N) is 5.